The van der Waals surface area contributed by atoms with Gasteiger partial charge in [-0.15, -0.1) is 0 Å². The maximum Gasteiger partial charge on any atom is 0.257 e. The lowest BCUT2D eigenvalue weighted by Gasteiger charge is -2.07. The number of H-pyrrole nitrogens is 1. The van der Waals surface area contributed by atoms with E-state index < -0.39 is 0 Å². The Kier molecular flexibility index (Phi) is 3.28. The molecular formula is C15H12BrN3O. The Hall–Kier alpha value is -2.14. The fourth-order valence-electron chi connectivity index (χ4n) is 2.09. The molecule has 100 valence electrons. The van der Waals surface area contributed by atoms with Gasteiger partial charge in [0.05, 0.1) is 5.52 Å². The van der Waals surface area contributed by atoms with Gasteiger partial charge < -0.3 is 5.32 Å². The highest BCUT2D eigenvalue weighted by atomic mass is 79.9. The van der Waals surface area contributed by atoms with E-state index in [1.54, 1.807) is 6.07 Å². The molecule has 0 aliphatic rings. The number of aromatic nitrogens is 2. The first-order valence-corrected chi connectivity index (χ1v) is 6.95. The summed E-state index contributed by atoms with van der Waals surface area (Å²) in [5, 5.41) is 10.8. The van der Waals surface area contributed by atoms with Crippen LogP contribution in [0.15, 0.2) is 46.9 Å². The number of halogens is 1. The summed E-state index contributed by atoms with van der Waals surface area (Å²) in [7, 11) is 0. The van der Waals surface area contributed by atoms with Crippen LogP contribution >= 0.6 is 15.9 Å². The average Bonchev–Trinajstić information content (AvgIpc) is 2.85. The third-order valence-electron chi connectivity index (χ3n) is 3.21. The van der Waals surface area contributed by atoms with E-state index in [0.29, 0.717) is 11.4 Å². The lowest BCUT2D eigenvalue weighted by Crippen LogP contribution is -2.14. The number of carbonyl (C=O) groups is 1. The summed E-state index contributed by atoms with van der Waals surface area (Å²) in [6.45, 7) is 1.90. The van der Waals surface area contributed by atoms with Crippen molar-refractivity contribution in [2.24, 2.45) is 0 Å². The second-order valence-corrected chi connectivity index (χ2v) is 5.34. The molecule has 5 heteroatoms. The molecule has 2 N–H and O–H groups in total. The normalized spacial score (nSPS) is 10.7. The smallest absolute Gasteiger partial charge is 0.257 e. The first kappa shape index (κ1) is 12.9. The molecule has 1 aromatic heterocycles. The van der Waals surface area contributed by atoms with Crippen LogP contribution in [0.5, 0.6) is 0 Å². The van der Waals surface area contributed by atoms with Crippen LogP contribution in [0.3, 0.4) is 0 Å². The van der Waals surface area contributed by atoms with Gasteiger partial charge in [-0.3, -0.25) is 9.89 Å². The van der Waals surface area contributed by atoms with Gasteiger partial charge in [-0.05, 0) is 36.8 Å². The summed E-state index contributed by atoms with van der Waals surface area (Å²) in [6, 6.07) is 13.2. The van der Waals surface area contributed by atoms with Crippen LogP contribution in [0.25, 0.3) is 10.9 Å². The van der Waals surface area contributed by atoms with Gasteiger partial charge >= 0.3 is 0 Å². The van der Waals surface area contributed by atoms with Gasteiger partial charge in [0.2, 0.25) is 0 Å². The summed E-state index contributed by atoms with van der Waals surface area (Å²) >= 11 is 3.43. The van der Waals surface area contributed by atoms with Crippen molar-refractivity contribution in [2.75, 3.05) is 5.32 Å². The van der Waals surface area contributed by atoms with Crippen LogP contribution in [-0.2, 0) is 0 Å². The first-order valence-electron chi connectivity index (χ1n) is 6.16. The van der Waals surface area contributed by atoms with Crippen molar-refractivity contribution in [3.05, 3.63) is 58.1 Å². The van der Waals surface area contributed by atoms with Gasteiger partial charge in [-0.25, -0.2) is 0 Å². The first-order chi connectivity index (χ1) is 9.66. The van der Waals surface area contributed by atoms with Crippen molar-refractivity contribution in [1.29, 1.82) is 0 Å². The molecule has 0 aliphatic carbocycles. The SMILES string of the molecule is Cc1c(Br)cccc1C(=O)Nc1n[nH]c2ccccc12. The highest BCUT2D eigenvalue weighted by molar-refractivity contribution is 9.10. The number of fused-ring (bicyclic) bond motifs is 1. The summed E-state index contributed by atoms with van der Waals surface area (Å²) in [4.78, 5) is 12.3. The van der Waals surface area contributed by atoms with E-state index in [2.05, 4.69) is 31.4 Å². The number of para-hydroxylation sites is 1. The summed E-state index contributed by atoms with van der Waals surface area (Å²) < 4.78 is 0.914. The molecule has 0 unspecified atom stereocenters. The molecule has 1 amide bonds. The Morgan fingerprint density at radius 2 is 2.00 bits per heavy atom. The number of nitrogens with one attached hydrogen (secondary N) is 2. The lowest BCUT2D eigenvalue weighted by molar-refractivity contribution is 0.102. The Balaban J connectivity index is 1.95. The van der Waals surface area contributed by atoms with Crippen molar-refractivity contribution in [3.63, 3.8) is 0 Å². The molecule has 0 saturated carbocycles. The average molecular weight is 330 g/mol. The molecule has 2 aromatic carbocycles. The Morgan fingerprint density at radius 1 is 1.20 bits per heavy atom. The minimum absolute atomic E-state index is 0.166. The Labute approximate surface area is 124 Å². The zero-order chi connectivity index (χ0) is 14.1. The predicted molar refractivity (Wildman–Crippen MR) is 82.9 cm³/mol. The van der Waals surface area contributed by atoms with E-state index in [0.717, 1.165) is 20.9 Å². The van der Waals surface area contributed by atoms with E-state index in [1.807, 2.05) is 43.3 Å². The van der Waals surface area contributed by atoms with Crippen molar-refractivity contribution >= 4 is 38.6 Å². The number of hydrogen-bond acceptors (Lipinski definition) is 2. The monoisotopic (exact) mass is 329 g/mol. The lowest BCUT2D eigenvalue weighted by atomic mass is 10.1. The van der Waals surface area contributed by atoms with Crippen LogP contribution in [-0.4, -0.2) is 16.1 Å². The van der Waals surface area contributed by atoms with Gasteiger partial charge in [0, 0.05) is 15.4 Å². The molecule has 0 fully saturated rings. The number of anilines is 1. The second kappa shape index (κ2) is 5.09. The number of rotatable bonds is 2. The molecule has 0 atom stereocenters. The third-order valence-corrected chi connectivity index (χ3v) is 4.07. The largest absolute Gasteiger partial charge is 0.305 e. The zero-order valence-corrected chi connectivity index (χ0v) is 12.4. The number of hydrogen-bond donors (Lipinski definition) is 2. The van der Waals surface area contributed by atoms with Crippen molar-refractivity contribution in [3.8, 4) is 0 Å². The predicted octanol–water partition coefficient (Wildman–Crippen LogP) is 3.89. The number of benzene rings is 2. The molecule has 0 aliphatic heterocycles. The third kappa shape index (κ3) is 2.20. The Bertz CT molecular complexity index is 795. The highest BCUT2D eigenvalue weighted by Gasteiger charge is 2.13. The maximum atomic E-state index is 12.3. The van der Waals surface area contributed by atoms with Crippen LogP contribution < -0.4 is 5.32 Å². The maximum absolute atomic E-state index is 12.3. The van der Waals surface area contributed by atoms with E-state index in [9.17, 15) is 4.79 Å². The zero-order valence-electron chi connectivity index (χ0n) is 10.8. The van der Waals surface area contributed by atoms with Gasteiger partial charge in [0.1, 0.15) is 0 Å². The highest BCUT2D eigenvalue weighted by Crippen LogP contribution is 2.23. The van der Waals surface area contributed by atoms with E-state index in [4.69, 9.17) is 0 Å². The standard InChI is InChI=1S/C15H12BrN3O/c1-9-10(6-4-7-12(9)16)15(20)17-14-11-5-2-3-8-13(11)18-19-14/h2-8H,1H3,(H2,17,18,19,20). The topological polar surface area (TPSA) is 57.8 Å². The minimum Gasteiger partial charge on any atom is -0.305 e. The number of nitrogens with zero attached hydrogens (tertiary/aromatic N) is 1. The molecule has 0 radical (unpaired) electrons. The molecule has 1 heterocycles. The van der Waals surface area contributed by atoms with E-state index in [-0.39, 0.29) is 5.91 Å². The van der Waals surface area contributed by atoms with Crippen LogP contribution in [0, 0.1) is 6.92 Å². The Morgan fingerprint density at radius 3 is 2.85 bits per heavy atom. The fourth-order valence-corrected chi connectivity index (χ4v) is 2.45. The molecule has 4 nitrogen and oxygen atoms in total. The molecule has 0 spiro atoms. The number of aromatic amines is 1. The number of carbonyl (C=O) groups excluding carboxylic acids is 1. The molecule has 3 aromatic rings. The molecule has 0 bridgehead atoms. The van der Waals surface area contributed by atoms with Gasteiger partial charge in [-0.2, -0.15) is 5.10 Å². The van der Waals surface area contributed by atoms with Crippen LogP contribution in [0.4, 0.5) is 5.82 Å². The molecule has 0 saturated heterocycles. The van der Waals surface area contributed by atoms with Gasteiger partial charge in [0.15, 0.2) is 5.82 Å². The fraction of sp³-hybridized carbons (Fsp3) is 0.0667. The van der Waals surface area contributed by atoms with E-state index in [1.165, 1.54) is 0 Å². The minimum atomic E-state index is -0.166. The van der Waals surface area contributed by atoms with Gasteiger partial charge in [0.25, 0.3) is 5.91 Å². The van der Waals surface area contributed by atoms with E-state index >= 15 is 0 Å². The quantitative estimate of drug-likeness (QED) is 0.749. The van der Waals surface area contributed by atoms with Gasteiger partial charge in [-0.1, -0.05) is 34.1 Å². The van der Waals surface area contributed by atoms with Crippen molar-refractivity contribution in [2.45, 2.75) is 6.92 Å². The second-order valence-electron chi connectivity index (χ2n) is 4.48. The number of amides is 1. The van der Waals surface area contributed by atoms with Crippen LogP contribution in [0.2, 0.25) is 0 Å². The molecular weight excluding hydrogens is 318 g/mol. The summed E-state index contributed by atoms with van der Waals surface area (Å²) in [5.41, 5.74) is 2.44. The molecule has 3 rings (SSSR count). The summed E-state index contributed by atoms with van der Waals surface area (Å²) in [6.07, 6.45) is 0. The van der Waals surface area contributed by atoms with Crippen molar-refractivity contribution < 1.29 is 4.79 Å². The van der Waals surface area contributed by atoms with Crippen LogP contribution in [0.1, 0.15) is 15.9 Å². The van der Waals surface area contributed by atoms with Crippen molar-refractivity contribution in [1.82, 2.24) is 10.2 Å². The summed E-state index contributed by atoms with van der Waals surface area (Å²) in [5.74, 6) is 0.381. The molecule has 20 heavy (non-hydrogen) atoms.